The second-order valence-corrected chi connectivity index (χ2v) is 3.95. The molecule has 0 saturated carbocycles. The zero-order valence-electron chi connectivity index (χ0n) is 10.4. The number of nitrogens with zero attached hydrogens (tertiary/aromatic N) is 2. The molecule has 18 heavy (non-hydrogen) atoms. The maximum Gasteiger partial charge on any atom is 0.209 e. The molecule has 0 aliphatic carbocycles. The summed E-state index contributed by atoms with van der Waals surface area (Å²) in [6.07, 6.45) is 5.17. The number of alkyl halides is 2. The molecule has 0 aliphatic rings. The lowest BCUT2D eigenvalue weighted by molar-refractivity contribution is 0.475. The van der Waals surface area contributed by atoms with E-state index in [0.29, 0.717) is 23.5 Å². The summed E-state index contributed by atoms with van der Waals surface area (Å²) in [7, 11) is 0. The van der Waals surface area contributed by atoms with Gasteiger partial charge >= 0.3 is 0 Å². The molecular formula is C12H16Cl2N2O2. The zero-order chi connectivity index (χ0) is 13.4. The van der Waals surface area contributed by atoms with Gasteiger partial charge in [0.05, 0.1) is 24.2 Å². The minimum Gasteiger partial charge on any atom is -0.444 e. The Morgan fingerprint density at radius 3 is 1.44 bits per heavy atom. The summed E-state index contributed by atoms with van der Waals surface area (Å²) < 4.78 is 10.3. The van der Waals surface area contributed by atoms with Crippen LogP contribution in [0.1, 0.15) is 37.1 Å². The van der Waals surface area contributed by atoms with Crippen LogP contribution in [0.25, 0.3) is 0 Å². The summed E-state index contributed by atoms with van der Waals surface area (Å²) in [5.74, 6) is 3.72. The SMILES string of the molecule is CCc1cnc(CCl)o1.CCc1cnc(CCl)o1. The smallest absolute Gasteiger partial charge is 0.209 e. The highest BCUT2D eigenvalue weighted by Crippen LogP contribution is 2.06. The van der Waals surface area contributed by atoms with Gasteiger partial charge in [0.25, 0.3) is 0 Å². The maximum absolute atomic E-state index is 5.44. The van der Waals surface area contributed by atoms with Gasteiger partial charge < -0.3 is 8.83 Å². The molecule has 0 fully saturated rings. The molecule has 6 heteroatoms. The monoisotopic (exact) mass is 290 g/mol. The van der Waals surface area contributed by atoms with E-state index in [1.807, 2.05) is 13.8 Å². The molecule has 0 aromatic carbocycles. The Kier molecular flexibility index (Phi) is 6.83. The van der Waals surface area contributed by atoms with Gasteiger partial charge in [0, 0.05) is 12.8 Å². The molecule has 2 aromatic rings. The van der Waals surface area contributed by atoms with Crippen LogP contribution in [-0.4, -0.2) is 9.97 Å². The molecule has 0 unspecified atom stereocenters. The van der Waals surface area contributed by atoms with Crippen molar-refractivity contribution in [3.63, 3.8) is 0 Å². The van der Waals surface area contributed by atoms with Crippen molar-refractivity contribution in [2.24, 2.45) is 0 Å². The predicted molar refractivity (Wildman–Crippen MR) is 70.9 cm³/mol. The van der Waals surface area contributed by atoms with E-state index in [1.165, 1.54) is 0 Å². The van der Waals surface area contributed by atoms with Crippen LogP contribution in [0.5, 0.6) is 0 Å². The Bertz CT molecular complexity index is 375. The molecule has 2 heterocycles. The standard InChI is InChI=1S/2C6H8ClNO/c2*1-2-5-4-8-6(3-7)9-5/h2*4H,2-3H2,1H3. The fraction of sp³-hybridized carbons (Fsp3) is 0.500. The van der Waals surface area contributed by atoms with Crippen molar-refractivity contribution in [1.82, 2.24) is 9.97 Å². The van der Waals surface area contributed by atoms with Crippen molar-refractivity contribution in [2.75, 3.05) is 0 Å². The molecule has 100 valence electrons. The summed E-state index contributed by atoms with van der Waals surface area (Å²) in [6, 6.07) is 0. The Morgan fingerprint density at radius 1 is 0.889 bits per heavy atom. The zero-order valence-corrected chi connectivity index (χ0v) is 12.0. The Balaban J connectivity index is 0.000000180. The van der Waals surface area contributed by atoms with Gasteiger partial charge in [-0.2, -0.15) is 0 Å². The van der Waals surface area contributed by atoms with E-state index in [9.17, 15) is 0 Å². The largest absolute Gasteiger partial charge is 0.444 e. The molecule has 0 bridgehead atoms. The van der Waals surface area contributed by atoms with Gasteiger partial charge in [0.15, 0.2) is 0 Å². The molecule has 0 N–H and O–H groups in total. The van der Waals surface area contributed by atoms with E-state index in [4.69, 9.17) is 32.0 Å². The first-order valence-corrected chi connectivity index (χ1v) is 6.79. The van der Waals surface area contributed by atoms with Crippen LogP contribution in [0.4, 0.5) is 0 Å². The predicted octanol–water partition coefficient (Wildman–Crippen LogP) is 3.95. The number of oxazole rings is 2. The van der Waals surface area contributed by atoms with Crippen molar-refractivity contribution in [1.29, 1.82) is 0 Å². The number of hydrogen-bond donors (Lipinski definition) is 0. The van der Waals surface area contributed by atoms with Crippen LogP contribution in [0.15, 0.2) is 21.2 Å². The van der Waals surface area contributed by atoms with E-state index in [0.717, 1.165) is 24.4 Å². The summed E-state index contributed by atoms with van der Waals surface area (Å²) in [5, 5.41) is 0. The lowest BCUT2D eigenvalue weighted by atomic mass is 10.4. The van der Waals surface area contributed by atoms with Crippen molar-refractivity contribution in [3.8, 4) is 0 Å². The Hall–Kier alpha value is -1.00. The fourth-order valence-electron chi connectivity index (χ4n) is 1.15. The van der Waals surface area contributed by atoms with Gasteiger partial charge in [-0.15, -0.1) is 23.2 Å². The minimum absolute atomic E-state index is 0.361. The van der Waals surface area contributed by atoms with Crippen LogP contribution in [0.3, 0.4) is 0 Å². The third-order valence-corrected chi connectivity index (χ3v) is 2.59. The number of aromatic nitrogens is 2. The van der Waals surface area contributed by atoms with Crippen LogP contribution >= 0.6 is 23.2 Å². The van der Waals surface area contributed by atoms with Crippen LogP contribution in [0.2, 0.25) is 0 Å². The van der Waals surface area contributed by atoms with Crippen LogP contribution < -0.4 is 0 Å². The highest BCUT2D eigenvalue weighted by Gasteiger charge is 1.98. The van der Waals surface area contributed by atoms with E-state index in [1.54, 1.807) is 12.4 Å². The third kappa shape index (κ3) is 4.70. The summed E-state index contributed by atoms with van der Waals surface area (Å²) in [6.45, 7) is 4.02. The van der Waals surface area contributed by atoms with Gasteiger partial charge in [-0.3, -0.25) is 0 Å². The third-order valence-electron chi connectivity index (χ3n) is 2.13. The lowest BCUT2D eigenvalue weighted by Crippen LogP contribution is -1.71. The van der Waals surface area contributed by atoms with Gasteiger partial charge in [0.2, 0.25) is 11.8 Å². The van der Waals surface area contributed by atoms with Crippen molar-refractivity contribution in [3.05, 3.63) is 35.7 Å². The van der Waals surface area contributed by atoms with Gasteiger partial charge in [-0.25, -0.2) is 9.97 Å². The first-order valence-electron chi connectivity index (χ1n) is 5.72. The summed E-state index contributed by atoms with van der Waals surface area (Å²) >= 11 is 10.9. The molecule has 4 nitrogen and oxygen atoms in total. The van der Waals surface area contributed by atoms with Gasteiger partial charge in [-0.1, -0.05) is 13.8 Å². The molecule has 0 spiro atoms. The summed E-state index contributed by atoms with van der Waals surface area (Å²) in [4.78, 5) is 7.81. The quantitative estimate of drug-likeness (QED) is 0.800. The molecule has 2 rings (SSSR count). The average molecular weight is 291 g/mol. The van der Waals surface area contributed by atoms with E-state index in [2.05, 4.69) is 9.97 Å². The Morgan fingerprint density at radius 2 is 1.28 bits per heavy atom. The minimum atomic E-state index is 0.361. The van der Waals surface area contributed by atoms with Crippen LogP contribution in [-0.2, 0) is 24.6 Å². The number of hydrogen-bond acceptors (Lipinski definition) is 4. The fourth-order valence-corrected chi connectivity index (χ4v) is 1.39. The van der Waals surface area contributed by atoms with E-state index < -0.39 is 0 Å². The summed E-state index contributed by atoms with van der Waals surface area (Å²) in [5.41, 5.74) is 0. The molecule has 0 radical (unpaired) electrons. The van der Waals surface area contributed by atoms with Crippen molar-refractivity contribution < 1.29 is 8.83 Å². The first kappa shape index (κ1) is 15.1. The van der Waals surface area contributed by atoms with E-state index >= 15 is 0 Å². The lowest BCUT2D eigenvalue weighted by Gasteiger charge is -1.83. The molecular weight excluding hydrogens is 275 g/mol. The van der Waals surface area contributed by atoms with Crippen molar-refractivity contribution >= 4 is 23.2 Å². The number of halogens is 2. The second kappa shape index (κ2) is 8.16. The van der Waals surface area contributed by atoms with E-state index in [-0.39, 0.29) is 0 Å². The topological polar surface area (TPSA) is 52.1 Å². The number of rotatable bonds is 4. The normalized spacial score (nSPS) is 10.0. The highest BCUT2D eigenvalue weighted by atomic mass is 35.5. The Labute approximate surface area is 116 Å². The highest BCUT2D eigenvalue weighted by molar-refractivity contribution is 6.16. The first-order chi connectivity index (χ1) is 8.73. The average Bonchev–Trinajstić information content (AvgIpc) is 3.07. The van der Waals surface area contributed by atoms with Gasteiger partial charge in [-0.05, 0) is 0 Å². The molecule has 0 amide bonds. The molecule has 0 aliphatic heterocycles. The van der Waals surface area contributed by atoms with Crippen molar-refractivity contribution in [2.45, 2.75) is 38.4 Å². The second-order valence-electron chi connectivity index (χ2n) is 3.41. The molecule has 0 atom stereocenters. The van der Waals surface area contributed by atoms with Crippen LogP contribution in [0, 0.1) is 0 Å². The number of aryl methyl sites for hydroxylation is 2. The maximum atomic E-state index is 5.44. The van der Waals surface area contributed by atoms with Gasteiger partial charge in [0.1, 0.15) is 11.5 Å². The molecule has 2 aromatic heterocycles. The molecule has 0 saturated heterocycles.